The SMILES string of the molecule is N#CCc1cc2[nH]c(Br)nc2cc1Cl. The molecule has 1 N–H and O–H groups in total. The lowest BCUT2D eigenvalue weighted by molar-refractivity contribution is 1.26. The predicted octanol–water partition coefficient (Wildman–Crippen LogP) is 3.04. The number of rotatable bonds is 1. The highest BCUT2D eigenvalue weighted by Gasteiger charge is 2.06. The van der Waals surface area contributed by atoms with E-state index in [2.05, 4.69) is 32.0 Å². The summed E-state index contributed by atoms with van der Waals surface area (Å²) >= 11 is 9.21. The molecule has 70 valence electrons. The van der Waals surface area contributed by atoms with E-state index in [1.54, 1.807) is 6.07 Å². The fourth-order valence-electron chi connectivity index (χ4n) is 1.27. The third kappa shape index (κ3) is 1.61. The Kier molecular flexibility index (Phi) is 2.44. The largest absolute Gasteiger partial charge is 0.332 e. The third-order valence-electron chi connectivity index (χ3n) is 1.89. The maximum absolute atomic E-state index is 8.58. The van der Waals surface area contributed by atoms with Gasteiger partial charge in [0.05, 0.1) is 23.5 Å². The number of imidazole rings is 1. The quantitative estimate of drug-likeness (QED) is 0.866. The zero-order valence-electron chi connectivity index (χ0n) is 7.01. The first-order valence-corrected chi connectivity index (χ1v) is 5.08. The molecule has 5 heteroatoms. The summed E-state index contributed by atoms with van der Waals surface area (Å²) in [5.74, 6) is 0. The second kappa shape index (κ2) is 3.60. The molecule has 0 saturated carbocycles. The molecule has 2 rings (SSSR count). The first kappa shape index (κ1) is 9.50. The van der Waals surface area contributed by atoms with Crippen LogP contribution < -0.4 is 0 Å². The summed E-state index contributed by atoms with van der Waals surface area (Å²) in [6.07, 6.45) is 0.311. The Bertz CT molecular complexity index is 527. The summed E-state index contributed by atoms with van der Waals surface area (Å²) in [5, 5.41) is 9.16. The Morgan fingerprint density at radius 1 is 1.57 bits per heavy atom. The Morgan fingerprint density at radius 2 is 2.36 bits per heavy atom. The van der Waals surface area contributed by atoms with Gasteiger partial charge in [-0.25, -0.2) is 4.98 Å². The minimum atomic E-state index is 0.311. The highest BCUT2D eigenvalue weighted by Crippen LogP contribution is 2.24. The molecular formula is C9H5BrClN3. The molecule has 2 aromatic rings. The third-order valence-corrected chi connectivity index (χ3v) is 2.62. The summed E-state index contributed by atoms with van der Waals surface area (Å²) in [6.45, 7) is 0. The monoisotopic (exact) mass is 269 g/mol. The number of aromatic nitrogens is 2. The van der Waals surface area contributed by atoms with Gasteiger partial charge in [-0.15, -0.1) is 0 Å². The van der Waals surface area contributed by atoms with Gasteiger partial charge in [-0.1, -0.05) is 11.6 Å². The minimum Gasteiger partial charge on any atom is -0.332 e. The molecule has 0 bridgehead atoms. The van der Waals surface area contributed by atoms with Gasteiger partial charge >= 0.3 is 0 Å². The van der Waals surface area contributed by atoms with Crippen molar-refractivity contribution in [3.63, 3.8) is 0 Å². The Balaban J connectivity index is 2.65. The van der Waals surface area contributed by atoms with Crippen LogP contribution in [-0.2, 0) is 6.42 Å². The minimum absolute atomic E-state index is 0.311. The lowest BCUT2D eigenvalue weighted by Gasteiger charge is -1.97. The molecule has 0 aliphatic rings. The van der Waals surface area contributed by atoms with Gasteiger partial charge in [0.1, 0.15) is 0 Å². The number of nitrogens with one attached hydrogen (secondary N) is 1. The Morgan fingerprint density at radius 3 is 3.07 bits per heavy atom. The van der Waals surface area contributed by atoms with Gasteiger partial charge < -0.3 is 4.98 Å². The molecule has 14 heavy (non-hydrogen) atoms. The predicted molar refractivity (Wildman–Crippen MR) is 58.1 cm³/mol. The summed E-state index contributed by atoms with van der Waals surface area (Å²) in [6, 6.07) is 5.67. The van der Waals surface area contributed by atoms with Crippen molar-refractivity contribution in [2.24, 2.45) is 0 Å². The van der Waals surface area contributed by atoms with Crippen molar-refractivity contribution in [1.82, 2.24) is 9.97 Å². The first-order chi connectivity index (χ1) is 6.70. The van der Waals surface area contributed by atoms with Crippen molar-refractivity contribution >= 4 is 38.6 Å². The molecule has 0 aliphatic heterocycles. The van der Waals surface area contributed by atoms with E-state index in [0.717, 1.165) is 16.6 Å². The van der Waals surface area contributed by atoms with Crippen LogP contribution in [0.15, 0.2) is 16.9 Å². The molecule has 1 aromatic carbocycles. The van der Waals surface area contributed by atoms with E-state index >= 15 is 0 Å². The number of nitriles is 1. The summed E-state index contributed by atoms with van der Waals surface area (Å²) in [5.41, 5.74) is 2.49. The molecule has 0 fully saturated rings. The van der Waals surface area contributed by atoms with E-state index in [9.17, 15) is 0 Å². The van der Waals surface area contributed by atoms with E-state index in [1.165, 1.54) is 0 Å². The van der Waals surface area contributed by atoms with E-state index in [0.29, 0.717) is 16.2 Å². The van der Waals surface area contributed by atoms with Crippen molar-refractivity contribution in [3.05, 3.63) is 27.5 Å². The molecule has 0 saturated heterocycles. The van der Waals surface area contributed by atoms with Crippen molar-refractivity contribution in [3.8, 4) is 6.07 Å². The van der Waals surface area contributed by atoms with Gasteiger partial charge in [-0.2, -0.15) is 5.26 Å². The lowest BCUT2D eigenvalue weighted by Crippen LogP contribution is -1.83. The maximum atomic E-state index is 8.58. The van der Waals surface area contributed by atoms with Gasteiger partial charge in [0, 0.05) is 5.02 Å². The van der Waals surface area contributed by atoms with Crippen LogP contribution in [0.1, 0.15) is 5.56 Å². The standard InChI is InChI=1S/C9H5BrClN3/c10-9-13-7-3-5(1-2-12)6(11)4-8(7)14-9/h3-4H,1H2,(H,13,14). The second-order valence-corrected chi connectivity index (χ2v) is 3.98. The van der Waals surface area contributed by atoms with Gasteiger partial charge in [-0.05, 0) is 33.6 Å². The van der Waals surface area contributed by atoms with E-state index in [1.807, 2.05) is 6.07 Å². The van der Waals surface area contributed by atoms with E-state index in [4.69, 9.17) is 16.9 Å². The van der Waals surface area contributed by atoms with Crippen LogP contribution in [0.4, 0.5) is 0 Å². The highest BCUT2D eigenvalue weighted by atomic mass is 79.9. The van der Waals surface area contributed by atoms with Crippen LogP contribution in [0.5, 0.6) is 0 Å². The smallest absolute Gasteiger partial charge is 0.175 e. The van der Waals surface area contributed by atoms with E-state index in [-0.39, 0.29) is 0 Å². The number of benzene rings is 1. The van der Waals surface area contributed by atoms with Gasteiger partial charge in [0.25, 0.3) is 0 Å². The maximum Gasteiger partial charge on any atom is 0.175 e. The number of aromatic amines is 1. The lowest BCUT2D eigenvalue weighted by atomic mass is 10.1. The van der Waals surface area contributed by atoms with Crippen LogP contribution >= 0.6 is 27.5 Å². The number of nitrogens with zero attached hydrogens (tertiary/aromatic N) is 2. The van der Waals surface area contributed by atoms with E-state index < -0.39 is 0 Å². The molecule has 3 nitrogen and oxygen atoms in total. The highest BCUT2D eigenvalue weighted by molar-refractivity contribution is 9.10. The molecule has 0 spiro atoms. The van der Waals surface area contributed by atoms with Gasteiger partial charge in [0.15, 0.2) is 4.73 Å². The average Bonchev–Trinajstić information content (AvgIpc) is 2.45. The number of halogens is 2. The normalized spacial score (nSPS) is 10.4. The fourth-order valence-corrected chi connectivity index (χ4v) is 1.90. The second-order valence-electron chi connectivity index (χ2n) is 2.82. The van der Waals surface area contributed by atoms with Gasteiger partial charge in [0.2, 0.25) is 0 Å². The molecular weight excluding hydrogens is 265 g/mol. The van der Waals surface area contributed by atoms with Crippen LogP contribution in [0.3, 0.4) is 0 Å². The number of H-pyrrole nitrogens is 1. The van der Waals surface area contributed by atoms with Crippen LogP contribution in [0, 0.1) is 11.3 Å². The molecule has 0 unspecified atom stereocenters. The summed E-state index contributed by atoms with van der Waals surface area (Å²) in [4.78, 5) is 7.19. The molecule has 1 heterocycles. The molecule has 0 radical (unpaired) electrons. The molecule has 0 atom stereocenters. The molecule has 1 aromatic heterocycles. The van der Waals surface area contributed by atoms with Crippen molar-refractivity contribution < 1.29 is 0 Å². The van der Waals surface area contributed by atoms with Crippen molar-refractivity contribution in [1.29, 1.82) is 5.26 Å². The van der Waals surface area contributed by atoms with Crippen LogP contribution in [0.25, 0.3) is 11.0 Å². The van der Waals surface area contributed by atoms with Crippen molar-refractivity contribution in [2.75, 3.05) is 0 Å². The number of fused-ring (bicyclic) bond motifs is 1. The van der Waals surface area contributed by atoms with Crippen LogP contribution in [0.2, 0.25) is 5.02 Å². The zero-order valence-corrected chi connectivity index (χ0v) is 9.35. The fraction of sp³-hybridized carbons (Fsp3) is 0.111. The molecule has 0 amide bonds. The Labute approximate surface area is 93.8 Å². The zero-order chi connectivity index (χ0) is 10.1. The first-order valence-electron chi connectivity index (χ1n) is 3.91. The summed E-state index contributed by atoms with van der Waals surface area (Å²) in [7, 11) is 0. The average molecular weight is 271 g/mol. The Hall–Kier alpha value is -1.05. The van der Waals surface area contributed by atoms with Crippen LogP contribution in [-0.4, -0.2) is 9.97 Å². The number of hydrogen-bond acceptors (Lipinski definition) is 2. The topological polar surface area (TPSA) is 52.5 Å². The molecule has 0 aliphatic carbocycles. The number of hydrogen-bond donors (Lipinski definition) is 1. The van der Waals surface area contributed by atoms with Gasteiger partial charge in [-0.3, -0.25) is 0 Å². The summed E-state index contributed by atoms with van der Waals surface area (Å²) < 4.78 is 0.665. The van der Waals surface area contributed by atoms with Crippen molar-refractivity contribution in [2.45, 2.75) is 6.42 Å².